The molecule has 13 rings (SSSR count). The number of aryl methyl sites for hydroxylation is 2. The molecule has 4 aliphatic rings. The van der Waals surface area contributed by atoms with Crippen LogP contribution in [-0.4, -0.2) is 107 Å². The fourth-order valence-electron chi connectivity index (χ4n) is 15.0. The van der Waals surface area contributed by atoms with Crippen molar-refractivity contribution in [3.05, 3.63) is 214 Å². The number of hydrogen-bond acceptors (Lipinski definition) is 16. The molecular formula is C90H88N4O16. The second-order valence-corrected chi connectivity index (χ2v) is 29.3. The number of amides is 6. The first kappa shape index (κ1) is 76.1. The summed E-state index contributed by atoms with van der Waals surface area (Å²) in [7, 11) is 0. The van der Waals surface area contributed by atoms with Crippen molar-refractivity contribution in [3.63, 3.8) is 0 Å². The highest BCUT2D eigenvalue weighted by atomic mass is 16.6. The zero-order chi connectivity index (χ0) is 77.6. The molecule has 110 heavy (non-hydrogen) atoms. The standard InChI is InChI=1S/C90H88N4O16/c1-51(2)69(95)23-15-17-55-25-33-61(34-26-55)105-71-45-65-77-66(88(102)93(87(65)101)49-75(97)109-59-19-11-9-12-20-59)46-72(106-62-35-27-56(28-36-62)18-16-24-70(96)52(3)4)80-82-74(108-64-39-31-58(32-40-64)42-44-92-86(100)54(7)8)48-68-78-67(89(103)94(90(68)104)50-76(98)110-60-21-13-10-14-22-60)47-73(81(84(78)82)79(71)83(77)80)107-63-37-29-57(30-38-63)41-43-91-85(99)53(5)6/h25-40,45-48,59-60H,1,3,5,7,9-24,41-44,49-50H2,2,4,6,8H3,(H,91,99)(H,92,100). The van der Waals surface area contributed by atoms with Crippen LogP contribution < -0.4 is 29.6 Å². The Labute approximate surface area is 637 Å². The van der Waals surface area contributed by atoms with Gasteiger partial charge in [0.1, 0.15) is 71.3 Å². The van der Waals surface area contributed by atoms with Crippen LogP contribution >= 0.6 is 0 Å². The lowest BCUT2D eigenvalue weighted by atomic mass is 9.80. The molecule has 0 unspecified atom stereocenters. The number of nitrogens with one attached hydrogen (secondary N) is 2. The van der Waals surface area contributed by atoms with E-state index in [1.807, 2.05) is 48.5 Å². The molecule has 0 aromatic heterocycles. The number of imide groups is 2. The van der Waals surface area contributed by atoms with Gasteiger partial charge < -0.3 is 39.1 Å². The van der Waals surface area contributed by atoms with Crippen LogP contribution in [0.3, 0.4) is 0 Å². The average Bonchev–Trinajstić information content (AvgIpc) is 0.672. The van der Waals surface area contributed by atoms with Gasteiger partial charge in [-0.25, -0.2) is 0 Å². The number of carbonyl (C=O) groups excluding carboxylic acids is 10. The Morgan fingerprint density at radius 2 is 0.636 bits per heavy atom. The Hall–Kier alpha value is -12.1. The minimum atomic E-state index is -0.850. The molecule has 0 radical (unpaired) electrons. The van der Waals surface area contributed by atoms with E-state index in [1.165, 1.54) is 24.3 Å². The Balaban J connectivity index is 1.09. The van der Waals surface area contributed by atoms with Gasteiger partial charge in [0.15, 0.2) is 11.6 Å². The van der Waals surface area contributed by atoms with Crippen molar-refractivity contribution in [1.82, 2.24) is 20.4 Å². The first-order chi connectivity index (χ1) is 53.0. The summed E-state index contributed by atoms with van der Waals surface area (Å²) in [6.07, 6.45) is 10.7. The molecule has 20 nitrogen and oxygen atoms in total. The molecule has 564 valence electrons. The molecule has 2 fully saturated rings. The van der Waals surface area contributed by atoms with Crippen LogP contribution in [0.1, 0.15) is 181 Å². The predicted octanol–water partition coefficient (Wildman–Crippen LogP) is 17.3. The maximum atomic E-state index is 15.9. The van der Waals surface area contributed by atoms with Crippen LogP contribution in [-0.2, 0) is 63.9 Å². The third-order valence-corrected chi connectivity index (χ3v) is 20.8. The molecule has 6 amide bonds. The largest absolute Gasteiger partial charge is 0.461 e. The number of rotatable bonds is 32. The lowest BCUT2D eigenvalue weighted by molar-refractivity contribution is -0.151. The fourth-order valence-corrected chi connectivity index (χ4v) is 15.0. The molecule has 2 heterocycles. The van der Waals surface area contributed by atoms with Gasteiger partial charge in [-0.3, -0.25) is 57.7 Å². The van der Waals surface area contributed by atoms with Gasteiger partial charge in [-0.05, 0) is 224 Å². The Morgan fingerprint density at radius 1 is 0.364 bits per heavy atom. The van der Waals surface area contributed by atoms with Crippen molar-refractivity contribution in [1.29, 1.82) is 0 Å². The molecule has 9 aromatic rings. The molecular weight excluding hydrogens is 1390 g/mol. The number of allylic oxidation sites excluding steroid dienone is 2. The summed E-state index contributed by atoms with van der Waals surface area (Å²) in [5, 5.41) is 7.23. The summed E-state index contributed by atoms with van der Waals surface area (Å²) >= 11 is 0. The minimum absolute atomic E-state index is 0.00765. The first-order valence-corrected chi connectivity index (χ1v) is 37.8. The van der Waals surface area contributed by atoms with E-state index in [0.29, 0.717) is 112 Å². The van der Waals surface area contributed by atoms with E-state index in [2.05, 4.69) is 36.9 Å². The van der Waals surface area contributed by atoms with E-state index in [0.717, 1.165) is 70.6 Å². The SMILES string of the molecule is C=C(C)C(=O)CCCc1ccc(Oc2cc3c4c(cc(Oc5ccc(CCCC(=O)C(=C)C)cc5)c5c6c(Oc7ccc(CCNC(=O)C(=C)C)cc7)cc7c8c(cc(Oc9ccc(CCNC(=O)C(=C)C)cc9)c(c2c45)c86)C(=O)N(CC(=O)OC2CCCCC2)C7=O)C(=O)N(CC(=O)OC2CCCCC2)C3=O)cc1. The molecule has 2 saturated carbocycles. The third kappa shape index (κ3) is 16.6. The number of esters is 2. The lowest BCUT2D eigenvalue weighted by Gasteiger charge is -2.32. The van der Waals surface area contributed by atoms with Gasteiger partial charge in [0.05, 0.1) is 22.3 Å². The van der Waals surface area contributed by atoms with Crippen LogP contribution in [0.2, 0.25) is 0 Å². The van der Waals surface area contributed by atoms with Crippen LogP contribution in [0.25, 0.3) is 43.1 Å². The molecule has 20 heteroatoms. The summed E-state index contributed by atoms with van der Waals surface area (Å²) in [6, 6.07) is 34.7. The molecule has 2 aliphatic heterocycles. The van der Waals surface area contributed by atoms with Gasteiger partial charge in [0.25, 0.3) is 23.6 Å². The van der Waals surface area contributed by atoms with Gasteiger partial charge in [0, 0.05) is 80.2 Å². The number of fused-ring (bicyclic) bond motifs is 2. The van der Waals surface area contributed by atoms with Gasteiger partial charge >= 0.3 is 11.9 Å². The molecule has 0 saturated heterocycles. The smallest absolute Gasteiger partial charge is 0.326 e. The number of ketones is 2. The number of benzene rings is 9. The van der Waals surface area contributed by atoms with Crippen molar-refractivity contribution < 1.29 is 76.4 Å². The van der Waals surface area contributed by atoms with E-state index in [9.17, 15) is 28.8 Å². The third-order valence-electron chi connectivity index (χ3n) is 20.8. The zero-order valence-corrected chi connectivity index (χ0v) is 62.5. The summed E-state index contributed by atoms with van der Waals surface area (Å²) in [4.78, 5) is 144. The highest BCUT2D eigenvalue weighted by Crippen LogP contribution is 2.58. The number of carbonyl (C=O) groups is 10. The molecule has 2 aliphatic carbocycles. The van der Waals surface area contributed by atoms with Crippen molar-refractivity contribution in [2.24, 2.45) is 0 Å². The summed E-state index contributed by atoms with van der Waals surface area (Å²) in [5.41, 5.74) is 4.87. The van der Waals surface area contributed by atoms with Crippen LogP contribution in [0.4, 0.5) is 0 Å². The number of nitrogens with zero attached hydrogens (tertiary/aromatic N) is 2. The van der Waals surface area contributed by atoms with Crippen molar-refractivity contribution in [2.75, 3.05) is 26.2 Å². The number of hydrogen-bond donors (Lipinski definition) is 2. The quantitative estimate of drug-likeness (QED) is 0.0131. The maximum absolute atomic E-state index is 15.9. The van der Waals surface area contributed by atoms with Gasteiger partial charge in [-0.1, -0.05) is 87.7 Å². The van der Waals surface area contributed by atoms with E-state index in [-0.39, 0.29) is 135 Å². The summed E-state index contributed by atoms with van der Waals surface area (Å²) < 4.78 is 40.9. The maximum Gasteiger partial charge on any atom is 0.326 e. The van der Waals surface area contributed by atoms with Crippen molar-refractivity contribution >= 4 is 102 Å². The Bertz CT molecular complexity index is 4650. The molecule has 9 aromatic carbocycles. The zero-order valence-electron chi connectivity index (χ0n) is 62.5. The van der Waals surface area contributed by atoms with Crippen LogP contribution in [0, 0.1) is 0 Å². The van der Waals surface area contributed by atoms with Crippen molar-refractivity contribution in [3.8, 4) is 46.0 Å². The fraction of sp³-hybridized carbons (Fsp3) is 0.311. The Kier molecular flexibility index (Phi) is 23.0. The molecule has 2 N–H and O–H groups in total. The van der Waals surface area contributed by atoms with Crippen molar-refractivity contribution in [2.45, 2.75) is 155 Å². The van der Waals surface area contributed by atoms with E-state index >= 15 is 19.2 Å². The van der Waals surface area contributed by atoms with E-state index in [1.54, 1.807) is 76.2 Å². The Morgan fingerprint density at radius 3 is 0.900 bits per heavy atom. The predicted molar refractivity (Wildman–Crippen MR) is 419 cm³/mol. The minimum Gasteiger partial charge on any atom is -0.461 e. The first-order valence-electron chi connectivity index (χ1n) is 37.8. The summed E-state index contributed by atoms with van der Waals surface area (Å²) in [5.74, 6) is -4.50. The topological polar surface area (TPSA) is 257 Å². The van der Waals surface area contributed by atoms with E-state index in [4.69, 9.17) is 28.4 Å². The van der Waals surface area contributed by atoms with Crippen LogP contribution in [0.5, 0.6) is 46.0 Å². The monoisotopic (exact) mass is 1480 g/mol. The molecule has 0 atom stereocenters. The highest BCUT2D eigenvalue weighted by Gasteiger charge is 2.43. The number of Topliss-reactive ketones (excluding diaryl/α,β-unsaturated/α-hetero) is 2. The van der Waals surface area contributed by atoms with Gasteiger partial charge in [-0.15, -0.1) is 0 Å². The second kappa shape index (κ2) is 33.2. The second-order valence-electron chi connectivity index (χ2n) is 29.3. The normalized spacial score (nSPS) is 14.4. The van der Waals surface area contributed by atoms with Gasteiger partial charge in [0.2, 0.25) is 11.8 Å². The lowest BCUT2D eigenvalue weighted by Crippen LogP contribution is -2.44. The summed E-state index contributed by atoms with van der Waals surface area (Å²) in [6.45, 7) is 20.9. The molecule has 0 bridgehead atoms. The average molecular weight is 1480 g/mol. The van der Waals surface area contributed by atoms with E-state index < -0.39 is 60.9 Å². The number of ether oxygens (including phenoxy) is 6. The van der Waals surface area contributed by atoms with Crippen LogP contribution in [0.15, 0.2) is 170 Å². The molecule has 0 spiro atoms. The van der Waals surface area contributed by atoms with Gasteiger partial charge in [-0.2, -0.15) is 0 Å². The highest BCUT2D eigenvalue weighted by molar-refractivity contribution is 6.45.